The minimum absolute atomic E-state index is 0.351. The second-order valence-electron chi connectivity index (χ2n) is 6.57. The normalized spacial score (nSPS) is 18.8. The number of benzene rings is 2. The molecule has 1 aliphatic heterocycles. The van der Waals surface area contributed by atoms with E-state index in [-0.39, 0.29) is 5.82 Å². The summed E-state index contributed by atoms with van der Waals surface area (Å²) in [5.74, 6) is -0.361. The first-order valence-electron chi connectivity index (χ1n) is 8.73. The summed E-state index contributed by atoms with van der Waals surface area (Å²) in [5, 5.41) is 20.6. The standard InChI is InChI=1S/C20H25FN2O2/c21-18-9-5-4-8-17(18)20(25)15-23-12-10-22(11-13-23)14-19(24)16-6-2-1-3-7-16/h1-9,19-20,24-25H,10-15H2/t19-,20+/m0/s1. The van der Waals surface area contributed by atoms with E-state index in [1.165, 1.54) is 6.07 Å². The second-order valence-corrected chi connectivity index (χ2v) is 6.57. The third-order valence-electron chi connectivity index (χ3n) is 4.78. The van der Waals surface area contributed by atoms with Crippen molar-refractivity contribution >= 4 is 0 Å². The van der Waals surface area contributed by atoms with Crippen LogP contribution in [0.15, 0.2) is 54.6 Å². The topological polar surface area (TPSA) is 46.9 Å². The van der Waals surface area contributed by atoms with Crippen molar-refractivity contribution < 1.29 is 14.6 Å². The Hall–Kier alpha value is -1.79. The molecule has 0 saturated carbocycles. The van der Waals surface area contributed by atoms with Gasteiger partial charge in [-0.3, -0.25) is 9.80 Å². The van der Waals surface area contributed by atoms with Crippen LogP contribution in [0.4, 0.5) is 4.39 Å². The predicted molar refractivity (Wildman–Crippen MR) is 95.6 cm³/mol. The van der Waals surface area contributed by atoms with Crippen LogP contribution in [0.2, 0.25) is 0 Å². The van der Waals surface area contributed by atoms with Crippen molar-refractivity contribution in [2.45, 2.75) is 12.2 Å². The molecule has 5 heteroatoms. The third-order valence-corrected chi connectivity index (χ3v) is 4.78. The molecular weight excluding hydrogens is 319 g/mol. The van der Waals surface area contributed by atoms with E-state index in [0.717, 1.165) is 31.7 Å². The minimum Gasteiger partial charge on any atom is -0.387 e. The zero-order valence-electron chi connectivity index (χ0n) is 14.3. The van der Waals surface area contributed by atoms with Gasteiger partial charge in [0.05, 0.1) is 12.2 Å². The summed E-state index contributed by atoms with van der Waals surface area (Å²) in [7, 11) is 0. The molecule has 1 heterocycles. The van der Waals surface area contributed by atoms with E-state index in [4.69, 9.17) is 0 Å². The molecule has 1 saturated heterocycles. The van der Waals surface area contributed by atoms with E-state index in [9.17, 15) is 14.6 Å². The van der Waals surface area contributed by atoms with Gasteiger partial charge in [0.2, 0.25) is 0 Å². The maximum atomic E-state index is 13.7. The number of aliphatic hydroxyl groups excluding tert-OH is 2. The van der Waals surface area contributed by atoms with Gasteiger partial charge in [0.15, 0.2) is 0 Å². The van der Waals surface area contributed by atoms with Crippen LogP contribution in [0.1, 0.15) is 23.3 Å². The molecule has 0 aromatic heterocycles. The van der Waals surface area contributed by atoms with Crippen molar-refractivity contribution in [2.24, 2.45) is 0 Å². The van der Waals surface area contributed by atoms with Crippen LogP contribution in [-0.4, -0.2) is 59.3 Å². The highest BCUT2D eigenvalue weighted by Gasteiger charge is 2.22. The quantitative estimate of drug-likeness (QED) is 0.844. The van der Waals surface area contributed by atoms with Crippen molar-refractivity contribution in [3.63, 3.8) is 0 Å². The number of rotatable bonds is 6. The van der Waals surface area contributed by atoms with Crippen molar-refractivity contribution in [2.75, 3.05) is 39.3 Å². The van der Waals surface area contributed by atoms with Gasteiger partial charge in [-0.2, -0.15) is 0 Å². The lowest BCUT2D eigenvalue weighted by Crippen LogP contribution is -2.48. The van der Waals surface area contributed by atoms with Crippen LogP contribution in [-0.2, 0) is 0 Å². The van der Waals surface area contributed by atoms with E-state index in [2.05, 4.69) is 9.80 Å². The summed E-state index contributed by atoms with van der Waals surface area (Å²) in [4.78, 5) is 4.37. The van der Waals surface area contributed by atoms with Crippen LogP contribution in [0, 0.1) is 5.82 Å². The van der Waals surface area contributed by atoms with Gasteiger partial charge < -0.3 is 10.2 Å². The fraction of sp³-hybridized carbons (Fsp3) is 0.400. The number of piperazine rings is 1. The minimum atomic E-state index is -0.817. The molecule has 0 unspecified atom stereocenters. The smallest absolute Gasteiger partial charge is 0.129 e. The first-order valence-corrected chi connectivity index (χ1v) is 8.73. The Balaban J connectivity index is 1.46. The molecule has 0 spiro atoms. The largest absolute Gasteiger partial charge is 0.387 e. The highest BCUT2D eigenvalue weighted by Crippen LogP contribution is 2.19. The highest BCUT2D eigenvalue weighted by atomic mass is 19.1. The number of halogens is 1. The van der Waals surface area contributed by atoms with Crippen molar-refractivity contribution in [3.8, 4) is 0 Å². The molecule has 1 aliphatic rings. The fourth-order valence-electron chi connectivity index (χ4n) is 3.27. The molecule has 4 nitrogen and oxygen atoms in total. The Morgan fingerprint density at radius 3 is 1.88 bits per heavy atom. The van der Waals surface area contributed by atoms with E-state index in [1.54, 1.807) is 18.2 Å². The lowest BCUT2D eigenvalue weighted by Gasteiger charge is -2.36. The van der Waals surface area contributed by atoms with Crippen LogP contribution in [0.5, 0.6) is 0 Å². The molecule has 0 aliphatic carbocycles. The summed E-state index contributed by atoms with van der Waals surface area (Å²) in [5.41, 5.74) is 1.28. The van der Waals surface area contributed by atoms with E-state index in [0.29, 0.717) is 18.7 Å². The van der Waals surface area contributed by atoms with Crippen LogP contribution < -0.4 is 0 Å². The summed E-state index contributed by atoms with van der Waals surface area (Å²) in [6.45, 7) is 4.28. The zero-order chi connectivity index (χ0) is 17.6. The zero-order valence-corrected chi connectivity index (χ0v) is 14.3. The maximum absolute atomic E-state index is 13.7. The summed E-state index contributed by atoms with van der Waals surface area (Å²) in [6.07, 6.45) is -1.31. The molecule has 2 N–H and O–H groups in total. The van der Waals surface area contributed by atoms with Gasteiger partial charge >= 0.3 is 0 Å². The molecule has 2 aromatic rings. The number of hydrogen-bond acceptors (Lipinski definition) is 4. The van der Waals surface area contributed by atoms with Gasteiger partial charge in [-0.05, 0) is 11.6 Å². The van der Waals surface area contributed by atoms with Crippen molar-refractivity contribution in [1.82, 2.24) is 9.80 Å². The summed E-state index contributed by atoms with van der Waals surface area (Å²) in [6, 6.07) is 16.1. The number of nitrogens with zero attached hydrogens (tertiary/aromatic N) is 2. The van der Waals surface area contributed by atoms with E-state index < -0.39 is 12.2 Å². The Bertz CT molecular complexity index is 660. The van der Waals surface area contributed by atoms with Gasteiger partial charge in [0.25, 0.3) is 0 Å². The molecule has 0 radical (unpaired) electrons. The molecule has 0 amide bonds. The lowest BCUT2D eigenvalue weighted by atomic mass is 10.1. The van der Waals surface area contributed by atoms with Gasteiger partial charge in [-0.25, -0.2) is 4.39 Å². The molecule has 0 bridgehead atoms. The Kier molecular flexibility index (Phi) is 6.15. The van der Waals surface area contributed by atoms with Crippen LogP contribution >= 0.6 is 0 Å². The van der Waals surface area contributed by atoms with Crippen molar-refractivity contribution in [1.29, 1.82) is 0 Å². The Labute approximate surface area is 148 Å². The monoisotopic (exact) mass is 344 g/mol. The van der Waals surface area contributed by atoms with Gasteiger partial charge in [0.1, 0.15) is 5.82 Å². The average Bonchev–Trinajstić information content (AvgIpc) is 2.64. The average molecular weight is 344 g/mol. The molecular formula is C20H25FN2O2. The molecule has 2 aromatic carbocycles. The SMILES string of the molecule is O[C@H](CN1CCN(C[C@H](O)c2ccccc2)CC1)c1ccccc1F. The molecule has 1 fully saturated rings. The summed E-state index contributed by atoms with van der Waals surface area (Å²) >= 11 is 0. The molecule has 2 atom stereocenters. The summed E-state index contributed by atoms with van der Waals surface area (Å²) < 4.78 is 13.7. The molecule has 134 valence electrons. The van der Waals surface area contributed by atoms with Crippen LogP contribution in [0.25, 0.3) is 0 Å². The van der Waals surface area contributed by atoms with E-state index >= 15 is 0 Å². The number of aliphatic hydroxyl groups is 2. The Morgan fingerprint density at radius 1 is 0.760 bits per heavy atom. The first-order chi connectivity index (χ1) is 12.1. The Morgan fingerprint density at radius 2 is 1.28 bits per heavy atom. The van der Waals surface area contributed by atoms with Crippen molar-refractivity contribution in [3.05, 3.63) is 71.5 Å². The van der Waals surface area contributed by atoms with Gasteiger partial charge in [0, 0.05) is 44.8 Å². The second kappa shape index (κ2) is 8.54. The number of β-amino-alcohol motifs (C(OH)–C–C–N with tert-alkyl or cyclic N) is 2. The van der Waals surface area contributed by atoms with Gasteiger partial charge in [-0.15, -0.1) is 0 Å². The van der Waals surface area contributed by atoms with Gasteiger partial charge in [-0.1, -0.05) is 48.5 Å². The predicted octanol–water partition coefficient (Wildman–Crippen LogP) is 2.21. The maximum Gasteiger partial charge on any atom is 0.129 e. The molecule has 3 rings (SSSR count). The third kappa shape index (κ3) is 4.86. The lowest BCUT2D eigenvalue weighted by molar-refractivity contribution is 0.0474. The highest BCUT2D eigenvalue weighted by molar-refractivity contribution is 5.20. The van der Waals surface area contributed by atoms with E-state index in [1.807, 2.05) is 30.3 Å². The molecule has 25 heavy (non-hydrogen) atoms. The fourth-order valence-corrected chi connectivity index (χ4v) is 3.27. The van der Waals surface area contributed by atoms with Crippen LogP contribution in [0.3, 0.4) is 0 Å². The first kappa shape index (κ1) is 18.0. The number of hydrogen-bond donors (Lipinski definition) is 2.